The molecule has 1 aromatic heterocycles. The van der Waals surface area contributed by atoms with Gasteiger partial charge in [0.25, 0.3) is 0 Å². The molecule has 4 aromatic carbocycles. The molecule has 5 aromatic rings. The quantitative estimate of drug-likeness (QED) is 0.180. The van der Waals surface area contributed by atoms with E-state index in [4.69, 9.17) is 9.15 Å². The molecule has 1 atom stereocenters. The molecule has 0 saturated carbocycles. The minimum absolute atomic E-state index is 0.0291. The average molecular weight is 526 g/mol. The van der Waals surface area contributed by atoms with Crippen LogP contribution in [0.4, 0.5) is 0 Å². The zero-order chi connectivity index (χ0) is 27.4. The first-order chi connectivity index (χ1) is 18.7. The number of hydrogen-bond acceptors (Lipinski definition) is 9. The second-order valence-corrected chi connectivity index (χ2v) is 9.35. The summed E-state index contributed by atoms with van der Waals surface area (Å²) in [6.07, 6.45) is 0.449. The van der Waals surface area contributed by atoms with Crippen molar-refractivity contribution >= 4 is 11.0 Å². The van der Waals surface area contributed by atoms with Gasteiger partial charge in [-0.05, 0) is 54.8 Å². The molecule has 0 amide bonds. The van der Waals surface area contributed by atoms with Crippen LogP contribution in [0.5, 0.6) is 40.2 Å². The summed E-state index contributed by atoms with van der Waals surface area (Å²) < 4.78 is 12.1. The minimum Gasteiger partial charge on any atom is -0.508 e. The standard InChI is InChI=1S/C30H22O9/c31-16-5-1-14(2-6-16)22-10-9-19-23(38-22)13-21(35)26(28(19)36)27-29(37)25-20(34)11-18(33)12-24(25)39-30(27)15-3-7-17(32)8-4-15/h1-8,11-13,22,31-36H,9-10H2/t22-/m0/s1. The van der Waals surface area contributed by atoms with Crippen LogP contribution in [0, 0.1) is 0 Å². The SMILES string of the molecule is O=c1c(-c2c(O)cc3c(c2O)CC[C@@H](c2ccc(O)cc2)O3)c(-c2ccc(O)cc2)oc2cc(O)cc(O)c12. The molecular weight excluding hydrogens is 504 g/mol. The van der Waals surface area contributed by atoms with Crippen molar-refractivity contribution in [3.63, 3.8) is 0 Å². The van der Waals surface area contributed by atoms with Gasteiger partial charge in [-0.1, -0.05) is 12.1 Å². The van der Waals surface area contributed by atoms with Gasteiger partial charge in [-0.15, -0.1) is 0 Å². The summed E-state index contributed by atoms with van der Waals surface area (Å²) in [5.41, 5.74) is 0.250. The maximum Gasteiger partial charge on any atom is 0.205 e. The second-order valence-electron chi connectivity index (χ2n) is 9.35. The van der Waals surface area contributed by atoms with E-state index in [1.165, 1.54) is 36.4 Å². The van der Waals surface area contributed by atoms with Gasteiger partial charge in [0.2, 0.25) is 5.43 Å². The van der Waals surface area contributed by atoms with E-state index in [0.29, 0.717) is 24.0 Å². The zero-order valence-electron chi connectivity index (χ0n) is 20.3. The Balaban J connectivity index is 1.57. The van der Waals surface area contributed by atoms with Crippen LogP contribution in [0.3, 0.4) is 0 Å². The van der Waals surface area contributed by atoms with Crippen LogP contribution >= 0.6 is 0 Å². The van der Waals surface area contributed by atoms with Crippen molar-refractivity contribution in [1.82, 2.24) is 0 Å². The Morgan fingerprint density at radius 1 is 0.718 bits per heavy atom. The number of fused-ring (bicyclic) bond motifs is 2. The first kappa shape index (κ1) is 24.1. The molecule has 6 rings (SSSR count). The summed E-state index contributed by atoms with van der Waals surface area (Å²) in [7, 11) is 0. The minimum atomic E-state index is -0.749. The smallest absolute Gasteiger partial charge is 0.205 e. The van der Waals surface area contributed by atoms with E-state index in [1.807, 2.05) is 0 Å². The number of aromatic hydroxyl groups is 6. The lowest BCUT2D eigenvalue weighted by Crippen LogP contribution is -2.16. The lowest BCUT2D eigenvalue weighted by atomic mass is 9.90. The molecule has 0 radical (unpaired) electrons. The van der Waals surface area contributed by atoms with Gasteiger partial charge in [0.15, 0.2) is 0 Å². The van der Waals surface area contributed by atoms with Gasteiger partial charge in [0, 0.05) is 29.3 Å². The van der Waals surface area contributed by atoms with Crippen molar-refractivity contribution in [1.29, 1.82) is 0 Å². The molecule has 0 bridgehead atoms. The predicted molar refractivity (Wildman–Crippen MR) is 141 cm³/mol. The second kappa shape index (κ2) is 8.91. The number of phenolic OH excluding ortho intramolecular Hbond substituents is 6. The normalized spacial score (nSPS) is 14.6. The Hall–Kier alpha value is -5.31. The molecule has 6 N–H and O–H groups in total. The molecule has 1 aliphatic rings. The fraction of sp³-hybridized carbons (Fsp3) is 0.100. The Morgan fingerprint density at radius 3 is 2.08 bits per heavy atom. The van der Waals surface area contributed by atoms with Crippen molar-refractivity contribution in [3.8, 4) is 62.7 Å². The Morgan fingerprint density at radius 2 is 1.38 bits per heavy atom. The Bertz CT molecular complexity index is 1800. The summed E-state index contributed by atoms with van der Waals surface area (Å²) in [6, 6.07) is 15.8. The van der Waals surface area contributed by atoms with Crippen LogP contribution in [0.15, 0.2) is 75.9 Å². The average Bonchev–Trinajstić information content (AvgIpc) is 2.90. The van der Waals surface area contributed by atoms with Crippen molar-refractivity contribution in [2.75, 3.05) is 0 Å². The first-order valence-corrected chi connectivity index (χ1v) is 12.1. The van der Waals surface area contributed by atoms with Crippen LogP contribution in [0.2, 0.25) is 0 Å². The highest BCUT2D eigenvalue weighted by atomic mass is 16.5. The molecule has 0 aliphatic carbocycles. The van der Waals surface area contributed by atoms with Gasteiger partial charge in [0.05, 0.1) is 11.1 Å². The van der Waals surface area contributed by atoms with Gasteiger partial charge in [-0.25, -0.2) is 0 Å². The summed E-state index contributed by atoms with van der Waals surface area (Å²) in [5.74, 6) is -1.42. The molecule has 0 saturated heterocycles. The molecule has 9 heteroatoms. The van der Waals surface area contributed by atoms with Crippen LogP contribution in [-0.4, -0.2) is 30.6 Å². The van der Waals surface area contributed by atoms with E-state index in [1.54, 1.807) is 24.3 Å². The molecule has 39 heavy (non-hydrogen) atoms. The molecule has 0 fully saturated rings. The lowest BCUT2D eigenvalue weighted by Gasteiger charge is -2.28. The number of hydrogen-bond donors (Lipinski definition) is 6. The Kier molecular flexibility index (Phi) is 5.50. The molecule has 1 aliphatic heterocycles. The predicted octanol–water partition coefficient (Wildman–Crippen LogP) is 5.43. The van der Waals surface area contributed by atoms with Crippen LogP contribution in [-0.2, 0) is 6.42 Å². The van der Waals surface area contributed by atoms with Gasteiger partial charge < -0.3 is 39.8 Å². The maximum absolute atomic E-state index is 13.8. The molecule has 9 nitrogen and oxygen atoms in total. The zero-order valence-corrected chi connectivity index (χ0v) is 20.3. The highest BCUT2D eigenvalue weighted by Gasteiger charge is 2.31. The van der Waals surface area contributed by atoms with Crippen molar-refractivity contribution < 1.29 is 39.8 Å². The highest BCUT2D eigenvalue weighted by molar-refractivity contribution is 5.96. The van der Waals surface area contributed by atoms with Gasteiger partial charge in [0.1, 0.15) is 63.1 Å². The highest BCUT2D eigenvalue weighted by Crippen LogP contribution is 2.50. The number of benzene rings is 4. The number of rotatable bonds is 3. The van der Waals surface area contributed by atoms with E-state index in [-0.39, 0.29) is 62.7 Å². The molecular formula is C30H22O9. The van der Waals surface area contributed by atoms with Crippen molar-refractivity contribution in [2.24, 2.45) is 0 Å². The molecule has 196 valence electrons. The molecule has 0 unspecified atom stereocenters. The van der Waals surface area contributed by atoms with E-state index in [9.17, 15) is 35.4 Å². The summed E-state index contributed by atoms with van der Waals surface area (Å²) in [4.78, 5) is 13.8. The number of ether oxygens (including phenoxy) is 1. The van der Waals surface area contributed by atoms with E-state index >= 15 is 0 Å². The molecule has 2 heterocycles. The van der Waals surface area contributed by atoms with Gasteiger partial charge >= 0.3 is 0 Å². The third-order valence-electron chi connectivity index (χ3n) is 6.87. The van der Waals surface area contributed by atoms with E-state index in [0.717, 1.165) is 11.6 Å². The summed E-state index contributed by atoms with van der Waals surface area (Å²) in [6.45, 7) is 0. The van der Waals surface area contributed by atoms with Crippen molar-refractivity contribution in [2.45, 2.75) is 18.9 Å². The lowest BCUT2D eigenvalue weighted by molar-refractivity contribution is 0.174. The van der Waals surface area contributed by atoms with Crippen molar-refractivity contribution in [3.05, 3.63) is 88.1 Å². The number of phenols is 6. The topological polar surface area (TPSA) is 161 Å². The van der Waals surface area contributed by atoms with Gasteiger partial charge in [-0.2, -0.15) is 0 Å². The van der Waals surface area contributed by atoms with Gasteiger partial charge in [-0.3, -0.25) is 4.79 Å². The first-order valence-electron chi connectivity index (χ1n) is 12.1. The maximum atomic E-state index is 13.8. The fourth-order valence-electron chi connectivity index (χ4n) is 5.00. The van der Waals surface area contributed by atoms with Crippen LogP contribution in [0.25, 0.3) is 33.4 Å². The molecule has 0 spiro atoms. The fourth-order valence-corrected chi connectivity index (χ4v) is 5.00. The van der Waals surface area contributed by atoms with E-state index < -0.39 is 16.9 Å². The Labute approximate surface area is 220 Å². The monoisotopic (exact) mass is 526 g/mol. The largest absolute Gasteiger partial charge is 0.508 e. The summed E-state index contributed by atoms with van der Waals surface area (Å²) >= 11 is 0. The third kappa shape index (κ3) is 4.00. The van der Waals surface area contributed by atoms with Crippen LogP contribution < -0.4 is 10.2 Å². The van der Waals surface area contributed by atoms with E-state index in [2.05, 4.69) is 0 Å². The van der Waals surface area contributed by atoms with Crippen LogP contribution in [0.1, 0.15) is 23.7 Å². The third-order valence-corrected chi connectivity index (χ3v) is 6.87. The summed E-state index contributed by atoms with van der Waals surface area (Å²) in [5, 5.41) is 62.0.